The van der Waals surface area contributed by atoms with Gasteiger partial charge < -0.3 is 26.0 Å². The second-order valence-electron chi connectivity index (χ2n) is 11.6. The van der Waals surface area contributed by atoms with Crippen molar-refractivity contribution in [3.8, 4) is 0 Å². The molecule has 9 heteroatoms. The van der Waals surface area contributed by atoms with Gasteiger partial charge in [-0.3, -0.25) is 14.4 Å². The Hall–Kier alpha value is -3.10. The third kappa shape index (κ3) is 10.8. The highest BCUT2D eigenvalue weighted by molar-refractivity contribution is 5.93. The largest absolute Gasteiger partial charge is 0.444 e. The number of hydrogen-bond donors (Lipinski definition) is 3. The molecule has 1 rings (SSSR count). The number of aryl methyl sites for hydroxylation is 2. The number of benzene rings is 1. The number of nitrogens with two attached hydrogens (primary N) is 1. The SMILES string of the molecule is CCCCNC(=O)C(c1cc(C)cc(C)c1)N(C(=O)C(CCC(N)=O)NC(=O)OC(C)(C)C)C(C)(C)C. The third-order valence-corrected chi connectivity index (χ3v) is 5.52. The lowest BCUT2D eigenvalue weighted by atomic mass is 9.93. The standard InChI is InChI=1S/C28H46N4O5/c1-10-11-14-30-24(34)23(20-16-18(2)15-19(3)17-20)32(27(4,5)6)25(35)21(12-13-22(29)33)31-26(36)37-28(7,8)9/h15-17,21,23H,10-14H2,1-9H3,(H2,29,33)(H,30,34)(H,31,36). The summed E-state index contributed by atoms with van der Waals surface area (Å²) in [4.78, 5) is 53.5. The van der Waals surface area contributed by atoms with E-state index in [-0.39, 0.29) is 18.7 Å². The zero-order valence-corrected chi connectivity index (χ0v) is 24.0. The molecule has 2 atom stereocenters. The topological polar surface area (TPSA) is 131 Å². The lowest BCUT2D eigenvalue weighted by Gasteiger charge is -2.43. The summed E-state index contributed by atoms with van der Waals surface area (Å²) in [6.07, 6.45) is 0.763. The molecular weight excluding hydrogens is 472 g/mol. The van der Waals surface area contributed by atoms with Crippen LogP contribution in [-0.2, 0) is 19.1 Å². The van der Waals surface area contributed by atoms with Crippen LogP contribution in [-0.4, -0.2) is 52.4 Å². The van der Waals surface area contributed by atoms with Crippen LogP contribution >= 0.6 is 0 Å². The van der Waals surface area contributed by atoms with Gasteiger partial charge in [0.1, 0.15) is 17.7 Å². The van der Waals surface area contributed by atoms with E-state index in [0.29, 0.717) is 12.1 Å². The predicted octanol–water partition coefficient (Wildman–Crippen LogP) is 4.05. The average molecular weight is 519 g/mol. The fraction of sp³-hybridized carbons (Fsp3) is 0.643. The van der Waals surface area contributed by atoms with Gasteiger partial charge in [-0.25, -0.2) is 4.79 Å². The molecule has 0 saturated heterocycles. The van der Waals surface area contributed by atoms with Gasteiger partial charge in [0.05, 0.1) is 0 Å². The molecule has 0 fully saturated rings. The molecule has 208 valence electrons. The molecule has 4 amide bonds. The third-order valence-electron chi connectivity index (χ3n) is 5.52. The molecule has 2 unspecified atom stereocenters. The van der Waals surface area contributed by atoms with Gasteiger partial charge in [-0.05, 0) is 73.8 Å². The summed E-state index contributed by atoms with van der Waals surface area (Å²) in [5.74, 6) is -1.42. The molecule has 4 N–H and O–H groups in total. The van der Waals surface area contributed by atoms with Gasteiger partial charge in [0.2, 0.25) is 17.7 Å². The van der Waals surface area contributed by atoms with Crippen molar-refractivity contribution in [1.82, 2.24) is 15.5 Å². The molecule has 0 spiro atoms. The highest BCUT2D eigenvalue weighted by Gasteiger charge is 2.42. The van der Waals surface area contributed by atoms with Gasteiger partial charge in [-0.15, -0.1) is 0 Å². The number of carbonyl (C=O) groups excluding carboxylic acids is 4. The lowest BCUT2D eigenvalue weighted by Crippen LogP contribution is -2.58. The van der Waals surface area contributed by atoms with E-state index in [2.05, 4.69) is 10.6 Å². The van der Waals surface area contributed by atoms with Crippen LogP contribution in [0.3, 0.4) is 0 Å². The number of nitrogens with zero attached hydrogens (tertiary/aromatic N) is 1. The summed E-state index contributed by atoms with van der Waals surface area (Å²) >= 11 is 0. The van der Waals surface area contributed by atoms with Gasteiger partial charge in [0, 0.05) is 18.5 Å². The highest BCUT2D eigenvalue weighted by atomic mass is 16.6. The van der Waals surface area contributed by atoms with E-state index in [4.69, 9.17) is 10.5 Å². The molecule has 0 aliphatic rings. The maximum absolute atomic E-state index is 14.1. The number of ether oxygens (including phenoxy) is 1. The van der Waals surface area contributed by atoms with E-state index >= 15 is 0 Å². The summed E-state index contributed by atoms with van der Waals surface area (Å²) in [6, 6.07) is 3.70. The first-order valence-electron chi connectivity index (χ1n) is 12.9. The molecule has 1 aromatic rings. The first-order valence-corrected chi connectivity index (χ1v) is 12.9. The van der Waals surface area contributed by atoms with Crippen molar-refractivity contribution in [2.45, 2.75) is 111 Å². The summed E-state index contributed by atoms with van der Waals surface area (Å²) in [6.45, 7) is 17.0. The van der Waals surface area contributed by atoms with Gasteiger partial charge >= 0.3 is 6.09 Å². The summed E-state index contributed by atoms with van der Waals surface area (Å²) in [5, 5.41) is 5.58. The van der Waals surface area contributed by atoms with Crippen LogP contribution in [0.4, 0.5) is 4.79 Å². The Morgan fingerprint density at radius 1 is 1.00 bits per heavy atom. The fourth-order valence-corrected chi connectivity index (χ4v) is 4.08. The second kappa shape index (κ2) is 13.4. The number of hydrogen-bond acceptors (Lipinski definition) is 5. The van der Waals surface area contributed by atoms with Gasteiger partial charge in [-0.2, -0.15) is 0 Å². The highest BCUT2D eigenvalue weighted by Crippen LogP contribution is 2.31. The first kappa shape index (κ1) is 31.9. The Morgan fingerprint density at radius 3 is 2.03 bits per heavy atom. The molecular formula is C28H46N4O5. The lowest BCUT2D eigenvalue weighted by molar-refractivity contribution is -0.148. The van der Waals surface area contributed by atoms with E-state index in [1.54, 1.807) is 20.8 Å². The molecule has 0 aromatic heterocycles. The number of amides is 4. The average Bonchev–Trinajstić information content (AvgIpc) is 2.71. The quantitative estimate of drug-likeness (QED) is 0.381. The van der Waals surface area contributed by atoms with Crippen LogP contribution in [0.2, 0.25) is 0 Å². The predicted molar refractivity (Wildman–Crippen MR) is 145 cm³/mol. The van der Waals surface area contributed by atoms with E-state index in [0.717, 1.165) is 24.0 Å². The zero-order valence-electron chi connectivity index (χ0n) is 24.0. The van der Waals surface area contributed by atoms with E-state index in [1.165, 1.54) is 4.90 Å². The molecule has 0 saturated carbocycles. The number of primary amides is 1. The van der Waals surface area contributed by atoms with Crippen LogP contribution in [0.5, 0.6) is 0 Å². The van der Waals surface area contributed by atoms with Gasteiger partial charge in [0.15, 0.2) is 0 Å². The van der Waals surface area contributed by atoms with Gasteiger partial charge in [0.25, 0.3) is 0 Å². The van der Waals surface area contributed by atoms with E-state index in [9.17, 15) is 19.2 Å². The van der Waals surface area contributed by atoms with Crippen molar-refractivity contribution >= 4 is 23.8 Å². The minimum atomic E-state index is -1.13. The minimum absolute atomic E-state index is 0.0307. The van der Waals surface area contributed by atoms with Crippen LogP contribution in [0.15, 0.2) is 18.2 Å². The Balaban J connectivity index is 3.59. The maximum Gasteiger partial charge on any atom is 0.408 e. The summed E-state index contributed by atoms with van der Waals surface area (Å²) in [7, 11) is 0. The summed E-state index contributed by atoms with van der Waals surface area (Å²) in [5.41, 5.74) is 6.34. The monoisotopic (exact) mass is 518 g/mol. The molecule has 0 radical (unpaired) electrons. The zero-order chi connectivity index (χ0) is 28.6. The van der Waals surface area contributed by atoms with Gasteiger partial charge in [-0.1, -0.05) is 42.7 Å². The Labute approximate surface area is 221 Å². The minimum Gasteiger partial charge on any atom is -0.444 e. The van der Waals surface area contributed by atoms with E-state index in [1.807, 2.05) is 59.7 Å². The fourth-order valence-electron chi connectivity index (χ4n) is 4.08. The van der Waals surface area contributed by atoms with Crippen molar-refractivity contribution in [3.63, 3.8) is 0 Å². The number of unbranched alkanes of at least 4 members (excludes halogenated alkanes) is 1. The molecule has 0 aliphatic carbocycles. The number of rotatable bonds is 11. The van der Waals surface area contributed by atoms with Crippen LogP contribution in [0.25, 0.3) is 0 Å². The Morgan fingerprint density at radius 2 is 1.57 bits per heavy atom. The van der Waals surface area contributed by atoms with Crippen LogP contribution in [0.1, 0.15) is 96.9 Å². The molecule has 9 nitrogen and oxygen atoms in total. The molecule has 37 heavy (non-hydrogen) atoms. The molecule has 0 bridgehead atoms. The smallest absolute Gasteiger partial charge is 0.408 e. The van der Waals surface area contributed by atoms with E-state index < -0.39 is 41.1 Å². The molecule has 1 aromatic carbocycles. The normalized spacial score (nSPS) is 13.3. The van der Waals surface area contributed by atoms with Crippen molar-refractivity contribution in [2.24, 2.45) is 5.73 Å². The van der Waals surface area contributed by atoms with Crippen molar-refractivity contribution in [1.29, 1.82) is 0 Å². The Kier molecular flexibility index (Phi) is 11.6. The first-order chi connectivity index (χ1) is 17.0. The second-order valence-corrected chi connectivity index (χ2v) is 11.6. The number of nitrogens with one attached hydrogen (secondary N) is 2. The van der Waals surface area contributed by atoms with Crippen LogP contribution < -0.4 is 16.4 Å². The number of carbonyl (C=O) groups is 4. The Bertz CT molecular complexity index is 942. The van der Waals surface area contributed by atoms with Crippen molar-refractivity contribution in [2.75, 3.05) is 6.54 Å². The van der Waals surface area contributed by atoms with Crippen molar-refractivity contribution in [3.05, 3.63) is 34.9 Å². The molecule has 0 aliphatic heterocycles. The maximum atomic E-state index is 14.1. The molecule has 0 heterocycles. The van der Waals surface area contributed by atoms with Crippen LogP contribution in [0, 0.1) is 13.8 Å². The van der Waals surface area contributed by atoms with Crippen molar-refractivity contribution < 1.29 is 23.9 Å². The number of alkyl carbamates (subject to hydrolysis) is 1. The summed E-state index contributed by atoms with van der Waals surface area (Å²) < 4.78 is 5.36.